The van der Waals surface area contributed by atoms with Gasteiger partial charge < -0.3 is 5.32 Å². The average molecular weight is 255 g/mol. The van der Waals surface area contributed by atoms with Crippen LogP contribution in [0.2, 0.25) is 0 Å². The Labute approximate surface area is 109 Å². The third-order valence-electron chi connectivity index (χ3n) is 3.38. The Morgan fingerprint density at radius 3 is 2.65 bits per heavy atom. The number of nitrogens with zero attached hydrogens (tertiary/aromatic N) is 2. The van der Waals surface area contributed by atoms with Gasteiger partial charge in [0.05, 0.1) is 10.7 Å². The number of hydrogen-bond acceptors (Lipinski definition) is 4. The number of rotatable bonds is 6. The molecule has 1 aromatic heterocycles. The lowest BCUT2D eigenvalue weighted by molar-refractivity contribution is 0.163. The van der Waals surface area contributed by atoms with E-state index in [2.05, 4.69) is 55.3 Å². The molecule has 0 aliphatic rings. The highest BCUT2D eigenvalue weighted by atomic mass is 32.1. The molecule has 17 heavy (non-hydrogen) atoms. The van der Waals surface area contributed by atoms with Crippen molar-refractivity contribution in [3.8, 4) is 0 Å². The van der Waals surface area contributed by atoms with Crippen LogP contribution in [0.5, 0.6) is 0 Å². The topological polar surface area (TPSA) is 28.2 Å². The van der Waals surface area contributed by atoms with Gasteiger partial charge >= 0.3 is 0 Å². The van der Waals surface area contributed by atoms with Crippen molar-refractivity contribution in [2.75, 3.05) is 20.6 Å². The minimum absolute atomic E-state index is 0.258. The molecule has 4 heteroatoms. The average Bonchev–Trinajstić information content (AvgIpc) is 2.61. The van der Waals surface area contributed by atoms with Gasteiger partial charge in [0.15, 0.2) is 0 Å². The van der Waals surface area contributed by atoms with Crippen molar-refractivity contribution in [3.63, 3.8) is 0 Å². The van der Waals surface area contributed by atoms with Crippen LogP contribution < -0.4 is 5.32 Å². The number of thiazole rings is 1. The van der Waals surface area contributed by atoms with Crippen molar-refractivity contribution < 1.29 is 0 Å². The van der Waals surface area contributed by atoms with Gasteiger partial charge in [-0.25, -0.2) is 4.98 Å². The molecule has 1 heterocycles. The van der Waals surface area contributed by atoms with Crippen molar-refractivity contribution in [1.82, 2.24) is 15.2 Å². The second-order valence-corrected chi connectivity index (χ2v) is 6.59. The molecule has 0 radical (unpaired) electrons. The molecule has 98 valence electrons. The monoisotopic (exact) mass is 255 g/mol. The predicted octanol–water partition coefficient (Wildman–Crippen LogP) is 2.52. The second kappa shape index (κ2) is 5.94. The normalized spacial score (nSPS) is 14.3. The van der Waals surface area contributed by atoms with E-state index >= 15 is 0 Å². The fourth-order valence-electron chi connectivity index (χ4n) is 2.04. The van der Waals surface area contributed by atoms with Gasteiger partial charge in [-0.15, -0.1) is 11.3 Å². The fraction of sp³-hybridized carbons (Fsp3) is 0.769. The van der Waals surface area contributed by atoms with E-state index in [0.717, 1.165) is 18.1 Å². The van der Waals surface area contributed by atoms with Gasteiger partial charge in [-0.2, -0.15) is 0 Å². The van der Waals surface area contributed by atoms with Crippen molar-refractivity contribution in [1.29, 1.82) is 0 Å². The van der Waals surface area contributed by atoms with Gasteiger partial charge in [-0.05, 0) is 33.4 Å². The van der Waals surface area contributed by atoms with Crippen LogP contribution in [0.25, 0.3) is 0 Å². The van der Waals surface area contributed by atoms with Crippen molar-refractivity contribution in [3.05, 3.63) is 16.1 Å². The van der Waals surface area contributed by atoms with Crippen LogP contribution in [-0.2, 0) is 6.54 Å². The Morgan fingerprint density at radius 2 is 2.18 bits per heavy atom. The van der Waals surface area contributed by atoms with Crippen LogP contribution in [-0.4, -0.2) is 36.6 Å². The molecule has 0 saturated heterocycles. The lowest BCUT2D eigenvalue weighted by Crippen LogP contribution is -2.44. The van der Waals surface area contributed by atoms with Gasteiger partial charge in [0.1, 0.15) is 0 Å². The zero-order valence-electron chi connectivity index (χ0n) is 11.9. The van der Waals surface area contributed by atoms with E-state index in [1.54, 1.807) is 11.3 Å². The molecule has 0 spiro atoms. The van der Waals surface area contributed by atoms with Crippen LogP contribution in [0.1, 0.15) is 31.5 Å². The number of aryl methyl sites for hydroxylation is 1. The Balaban J connectivity index is 2.51. The Morgan fingerprint density at radius 1 is 1.53 bits per heavy atom. The molecular formula is C13H25N3S. The maximum Gasteiger partial charge on any atom is 0.0897 e. The van der Waals surface area contributed by atoms with Crippen LogP contribution >= 0.6 is 11.3 Å². The predicted molar refractivity (Wildman–Crippen MR) is 75.5 cm³/mol. The minimum Gasteiger partial charge on any atom is -0.317 e. The Bertz CT molecular complexity index is 346. The molecule has 1 unspecified atom stereocenters. The maximum absolute atomic E-state index is 4.51. The first-order valence-corrected chi connectivity index (χ1v) is 7.00. The SMILES string of the molecule is CNC(C)C(C)(C)CN(C)Cc1csc(C)n1. The molecule has 0 fully saturated rings. The zero-order valence-corrected chi connectivity index (χ0v) is 12.7. The van der Waals surface area contributed by atoms with Crippen LogP contribution in [0, 0.1) is 12.3 Å². The minimum atomic E-state index is 0.258. The smallest absolute Gasteiger partial charge is 0.0897 e. The van der Waals surface area contributed by atoms with Gasteiger partial charge in [-0.3, -0.25) is 4.90 Å². The molecule has 3 nitrogen and oxygen atoms in total. The highest BCUT2D eigenvalue weighted by molar-refractivity contribution is 7.09. The Hall–Kier alpha value is -0.450. The summed E-state index contributed by atoms with van der Waals surface area (Å²) in [7, 11) is 4.19. The van der Waals surface area contributed by atoms with E-state index in [1.165, 1.54) is 5.69 Å². The summed E-state index contributed by atoms with van der Waals surface area (Å²) < 4.78 is 0. The standard InChI is InChI=1S/C13H25N3S/c1-10(14-5)13(3,4)9-16(6)7-12-8-17-11(2)15-12/h8,10,14H,7,9H2,1-6H3. The van der Waals surface area contributed by atoms with Crippen molar-refractivity contribution >= 4 is 11.3 Å². The van der Waals surface area contributed by atoms with Crippen LogP contribution in [0.15, 0.2) is 5.38 Å². The number of hydrogen-bond donors (Lipinski definition) is 1. The van der Waals surface area contributed by atoms with Crippen molar-refractivity contribution in [2.24, 2.45) is 5.41 Å². The molecular weight excluding hydrogens is 230 g/mol. The zero-order chi connectivity index (χ0) is 13.1. The molecule has 1 atom stereocenters. The summed E-state index contributed by atoms with van der Waals surface area (Å²) in [6.07, 6.45) is 0. The van der Waals surface area contributed by atoms with Gasteiger partial charge in [0, 0.05) is 24.5 Å². The van der Waals surface area contributed by atoms with Crippen molar-refractivity contribution in [2.45, 2.75) is 40.3 Å². The second-order valence-electron chi connectivity index (χ2n) is 5.53. The van der Waals surface area contributed by atoms with Crippen LogP contribution in [0.3, 0.4) is 0 Å². The van der Waals surface area contributed by atoms with E-state index < -0.39 is 0 Å². The highest BCUT2D eigenvalue weighted by Crippen LogP contribution is 2.22. The molecule has 0 bridgehead atoms. The lowest BCUT2D eigenvalue weighted by atomic mass is 9.85. The molecule has 0 aliphatic carbocycles. The summed E-state index contributed by atoms with van der Waals surface area (Å²) in [6, 6.07) is 0.502. The molecule has 0 aliphatic heterocycles. The largest absolute Gasteiger partial charge is 0.317 e. The van der Waals surface area contributed by atoms with E-state index in [4.69, 9.17) is 0 Å². The lowest BCUT2D eigenvalue weighted by Gasteiger charge is -2.35. The molecule has 0 aromatic carbocycles. The molecule has 1 aromatic rings. The summed E-state index contributed by atoms with van der Waals surface area (Å²) in [6.45, 7) is 10.9. The third kappa shape index (κ3) is 4.37. The first-order chi connectivity index (χ1) is 7.85. The quantitative estimate of drug-likeness (QED) is 0.846. The number of nitrogens with one attached hydrogen (secondary N) is 1. The van der Waals surface area contributed by atoms with Gasteiger partial charge in [0.2, 0.25) is 0 Å². The Kier molecular flexibility index (Phi) is 5.10. The summed E-state index contributed by atoms with van der Waals surface area (Å²) >= 11 is 1.73. The first-order valence-electron chi connectivity index (χ1n) is 6.12. The summed E-state index contributed by atoms with van der Waals surface area (Å²) in [5.41, 5.74) is 1.44. The van der Waals surface area contributed by atoms with E-state index in [-0.39, 0.29) is 5.41 Å². The third-order valence-corrected chi connectivity index (χ3v) is 4.20. The molecule has 1 N–H and O–H groups in total. The highest BCUT2D eigenvalue weighted by Gasteiger charge is 2.26. The van der Waals surface area contributed by atoms with E-state index in [0.29, 0.717) is 6.04 Å². The van der Waals surface area contributed by atoms with E-state index in [1.807, 2.05) is 7.05 Å². The first kappa shape index (κ1) is 14.6. The molecule has 0 saturated carbocycles. The molecule has 0 amide bonds. The van der Waals surface area contributed by atoms with Crippen LogP contribution in [0.4, 0.5) is 0 Å². The summed E-state index contributed by atoms with van der Waals surface area (Å²) in [4.78, 5) is 6.86. The fourth-order valence-corrected chi connectivity index (χ4v) is 2.64. The van der Waals surface area contributed by atoms with Gasteiger partial charge in [-0.1, -0.05) is 13.8 Å². The molecule has 1 rings (SSSR count). The summed E-state index contributed by atoms with van der Waals surface area (Å²) in [5, 5.41) is 6.64. The van der Waals surface area contributed by atoms with Gasteiger partial charge in [0.25, 0.3) is 0 Å². The number of aromatic nitrogens is 1. The summed E-state index contributed by atoms with van der Waals surface area (Å²) in [5.74, 6) is 0. The van der Waals surface area contributed by atoms with E-state index in [9.17, 15) is 0 Å². The maximum atomic E-state index is 4.51.